The van der Waals surface area contributed by atoms with Crippen molar-refractivity contribution in [3.05, 3.63) is 132 Å². The molecular weight excluding hydrogens is 449 g/mol. The van der Waals surface area contributed by atoms with Crippen molar-refractivity contribution in [3.8, 4) is 0 Å². The lowest BCUT2D eigenvalue weighted by molar-refractivity contribution is 0.0994. The summed E-state index contributed by atoms with van der Waals surface area (Å²) in [5.74, 6) is 0. The molecule has 0 aliphatic heterocycles. The Morgan fingerprint density at radius 1 is 0.857 bits per heavy atom. The second kappa shape index (κ2) is 10.8. The lowest BCUT2D eigenvalue weighted by atomic mass is 9.88. The Balaban J connectivity index is 0.00000141. The molecule has 0 fully saturated rings. The minimum Gasteiger partial charge on any atom is -0.379 e. The molecule has 0 radical (unpaired) electrons. The van der Waals surface area contributed by atoms with Gasteiger partial charge in [0.2, 0.25) is 0 Å². The summed E-state index contributed by atoms with van der Waals surface area (Å²) in [7, 11) is 2.55. The Morgan fingerprint density at radius 3 is 2.06 bits per heavy atom. The van der Waals surface area contributed by atoms with E-state index in [4.69, 9.17) is 4.99 Å². The Hall–Kier alpha value is -3.59. The van der Waals surface area contributed by atoms with Gasteiger partial charge in [0.05, 0.1) is 23.4 Å². The third kappa shape index (κ3) is 5.24. The summed E-state index contributed by atoms with van der Waals surface area (Å²) >= 11 is 0. The van der Waals surface area contributed by atoms with Crippen LogP contribution in [0, 0.1) is 0 Å². The third-order valence-corrected chi connectivity index (χ3v) is 6.11. The van der Waals surface area contributed by atoms with Gasteiger partial charge in [0.25, 0.3) is 0 Å². The van der Waals surface area contributed by atoms with E-state index >= 15 is 0 Å². The van der Waals surface area contributed by atoms with E-state index in [1.54, 1.807) is 17.6 Å². The van der Waals surface area contributed by atoms with Crippen LogP contribution in [0.2, 0.25) is 0 Å². The van der Waals surface area contributed by atoms with Crippen LogP contribution in [-0.2, 0) is 5.60 Å². The van der Waals surface area contributed by atoms with E-state index in [1.165, 1.54) is 0 Å². The number of aliphatic imine (C=N–C) groups is 1. The van der Waals surface area contributed by atoms with E-state index in [0.717, 1.165) is 38.9 Å². The Morgan fingerprint density at radius 2 is 1.49 bits per heavy atom. The van der Waals surface area contributed by atoms with Crippen molar-refractivity contribution in [2.45, 2.75) is 26.4 Å². The van der Waals surface area contributed by atoms with Gasteiger partial charge in [-0.2, -0.15) is 0 Å². The Labute approximate surface area is 209 Å². The average molecular weight is 480 g/mol. The number of aromatic nitrogens is 2. The van der Waals surface area contributed by atoms with Gasteiger partial charge in [-0.05, 0) is 44.8 Å². The molecule has 1 N–H and O–H groups in total. The highest BCUT2D eigenvalue weighted by atomic mass is 31.0. The van der Waals surface area contributed by atoms with Crippen molar-refractivity contribution in [3.63, 3.8) is 0 Å². The van der Waals surface area contributed by atoms with Gasteiger partial charge >= 0.3 is 0 Å². The Kier molecular flexibility index (Phi) is 7.55. The van der Waals surface area contributed by atoms with Crippen LogP contribution in [0.4, 0.5) is 5.69 Å². The first kappa shape index (κ1) is 24.5. The second-order valence-electron chi connectivity index (χ2n) is 8.18. The van der Waals surface area contributed by atoms with Crippen molar-refractivity contribution < 1.29 is 5.11 Å². The summed E-state index contributed by atoms with van der Waals surface area (Å²) in [5.41, 5.74) is 3.97. The molecule has 1 aromatic heterocycles. The predicted molar refractivity (Wildman–Crippen MR) is 149 cm³/mol. The normalized spacial score (nSPS) is 12.4. The molecule has 0 aliphatic carbocycles. The topological polar surface area (TPSA) is 50.4 Å². The van der Waals surface area contributed by atoms with E-state index in [-0.39, 0.29) is 0 Å². The number of benzene rings is 4. The minimum atomic E-state index is -1.24. The summed E-state index contributed by atoms with van der Waals surface area (Å²) < 4.78 is 1.76. The number of hydrogen-bond acceptors (Lipinski definition) is 3. The van der Waals surface area contributed by atoms with Crippen LogP contribution >= 0.6 is 9.39 Å². The molecule has 0 amide bonds. The molecule has 176 valence electrons. The number of rotatable bonds is 5. The van der Waals surface area contributed by atoms with Crippen LogP contribution < -0.4 is 0 Å². The van der Waals surface area contributed by atoms with Crippen molar-refractivity contribution >= 4 is 31.6 Å². The number of nitrogens with zero attached hydrogens (tertiary/aromatic N) is 3. The zero-order valence-corrected chi connectivity index (χ0v) is 21.4. The van der Waals surface area contributed by atoms with E-state index in [2.05, 4.69) is 44.7 Å². The summed E-state index contributed by atoms with van der Waals surface area (Å²) in [6.07, 6.45) is 3.48. The smallest absolute Gasteiger partial charge is 0.131 e. The van der Waals surface area contributed by atoms with Crippen LogP contribution in [-0.4, -0.2) is 20.1 Å². The van der Waals surface area contributed by atoms with Gasteiger partial charge in [-0.1, -0.05) is 98.8 Å². The van der Waals surface area contributed by atoms with Crippen LogP contribution in [0.15, 0.2) is 115 Å². The molecule has 0 saturated heterocycles. The first-order chi connectivity index (χ1) is 17.0. The van der Waals surface area contributed by atoms with Crippen LogP contribution in [0.3, 0.4) is 0 Å². The fourth-order valence-electron chi connectivity index (χ4n) is 4.10. The Bertz CT molecular complexity index is 1400. The lowest BCUT2D eigenvalue weighted by Gasteiger charge is -2.23. The van der Waals surface area contributed by atoms with Crippen LogP contribution in [0.25, 0.3) is 10.8 Å². The van der Waals surface area contributed by atoms with Crippen molar-refractivity contribution in [1.29, 1.82) is 0 Å². The minimum absolute atomic E-state index is 0.591. The molecule has 35 heavy (non-hydrogen) atoms. The predicted octanol–water partition coefficient (Wildman–Crippen LogP) is 7.13. The number of hydrogen-bond donors (Lipinski definition) is 1. The SMILES string of the molecule is CC.CC(O)(c1cn(P)cn1)c1cccc2ccc(N=C(c3ccccc3)c3ccccc3)cc12. The van der Waals surface area contributed by atoms with Gasteiger partial charge in [0.1, 0.15) is 5.60 Å². The fraction of sp³-hybridized carbons (Fsp3) is 0.133. The highest BCUT2D eigenvalue weighted by Gasteiger charge is 2.30. The van der Waals surface area contributed by atoms with Crippen LogP contribution in [0.1, 0.15) is 43.2 Å². The van der Waals surface area contributed by atoms with Crippen molar-refractivity contribution in [2.75, 3.05) is 0 Å². The first-order valence-electron chi connectivity index (χ1n) is 11.8. The molecule has 5 aromatic rings. The zero-order valence-electron chi connectivity index (χ0n) is 20.3. The summed E-state index contributed by atoms with van der Waals surface area (Å²) in [6, 6.07) is 32.5. The van der Waals surface area contributed by atoms with Crippen molar-refractivity contribution in [2.24, 2.45) is 4.99 Å². The fourth-order valence-corrected chi connectivity index (χ4v) is 4.31. The van der Waals surface area contributed by atoms with E-state index in [9.17, 15) is 5.11 Å². The quantitative estimate of drug-likeness (QED) is 0.215. The van der Waals surface area contributed by atoms with E-state index < -0.39 is 5.60 Å². The summed E-state index contributed by atoms with van der Waals surface area (Å²) in [6.45, 7) is 5.78. The maximum atomic E-state index is 11.5. The molecule has 5 rings (SSSR count). The lowest BCUT2D eigenvalue weighted by Crippen LogP contribution is -2.23. The summed E-state index contributed by atoms with van der Waals surface area (Å²) in [5, 5.41) is 13.5. The zero-order chi connectivity index (χ0) is 24.8. The molecule has 4 nitrogen and oxygen atoms in total. The largest absolute Gasteiger partial charge is 0.379 e. The van der Waals surface area contributed by atoms with Crippen molar-refractivity contribution in [1.82, 2.24) is 9.32 Å². The molecular formula is C30H30N3OP. The van der Waals surface area contributed by atoms with Gasteiger partial charge in [-0.3, -0.25) is 0 Å². The van der Waals surface area contributed by atoms with Crippen LogP contribution in [0.5, 0.6) is 0 Å². The molecule has 5 heteroatoms. The molecule has 0 spiro atoms. The van der Waals surface area contributed by atoms with E-state index in [0.29, 0.717) is 5.69 Å². The first-order valence-corrected chi connectivity index (χ1v) is 12.3. The molecule has 2 unspecified atom stereocenters. The maximum Gasteiger partial charge on any atom is 0.131 e. The van der Waals surface area contributed by atoms with Gasteiger partial charge < -0.3 is 9.44 Å². The maximum absolute atomic E-state index is 11.5. The van der Waals surface area contributed by atoms with Gasteiger partial charge in [-0.25, -0.2) is 9.98 Å². The molecule has 2 atom stereocenters. The highest BCUT2D eigenvalue weighted by molar-refractivity contribution is 7.14. The number of fused-ring (bicyclic) bond motifs is 1. The third-order valence-electron chi connectivity index (χ3n) is 5.83. The number of aliphatic hydroxyl groups is 1. The molecule has 4 aromatic carbocycles. The monoisotopic (exact) mass is 479 g/mol. The molecule has 1 heterocycles. The number of imidazole rings is 1. The summed E-state index contributed by atoms with van der Waals surface area (Å²) in [4.78, 5) is 9.45. The second-order valence-corrected chi connectivity index (χ2v) is 8.78. The van der Waals surface area contributed by atoms with Gasteiger partial charge in [0, 0.05) is 17.3 Å². The van der Waals surface area contributed by atoms with E-state index in [1.807, 2.05) is 86.8 Å². The van der Waals surface area contributed by atoms with Gasteiger partial charge in [0.15, 0.2) is 0 Å². The average Bonchev–Trinajstić information content (AvgIpc) is 3.36. The molecule has 0 bridgehead atoms. The molecule has 0 aliphatic rings. The molecule has 0 saturated carbocycles. The van der Waals surface area contributed by atoms with Gasteiger partial charge in [-0.15, -0.1) is 0 Å². The standard InChI is InChI=1S/C28H24N3OP.C2H6/c1-28(32,26-18-31(33)19-29-26)25-14-8-13-20-15-16-23(17-24(20)25)30-27(21-9-4-2-5-10-21)22-11-6-3-7-12-22;1-2/h2-19,32H,33H2,1H3;1-2H3. The highest BCUT2D eigenvalue weighted by Crippen LogP contribution is 2.35.